The van der Waals surface area contributed by atoms with Crippen molar-refractivity contribution in [2.75, 3.05) is 33.8 Å². The number of rotatable bonds is 7. The molecule has 0 spiro atoms. The molecule has 21 heavy (non-hydrogen) atoms. The van der Waals surface area contributed by atoms with E-state index in [2.05, 4.69) is 5.32 Å². The van der Waals surface area contributed by atoms with Crippen molar-refractivity contribution in [3.8, 4) is 17.2 Å². The fourth-order valence-electron chi connectivity index (χ4n) is 1.68. The van der Waals surface area contributed by atoms with Crippen molar-refractivity contribution in [3.05, 3.63) is 17.7 Å². The van der Waals surface area contributed by atoms with Crippen molar-refractivity contribution in [1.29, 1.82) is 0 Å². The number of hydrogen-bond donors (Lipinski definition) is 1. The molecule has 0 bridgehead atoms. The summed E-state index contributed by atoms with van der Waals surface area (Å²) in [4.78, 5) is 12.2. The van der Waals surface area contributed by atoms with Crippen LogP contribution in [0.15, 0.2) is 12.1 Å². The van der Waals surface area contributed by atoms with E-state index in [4.69, 9.17) is 25.8 Å². The third kappa shape index (κ3) is 4.43. The fourth-order valence-corrected chi connectivity index (χ4v) is 1.78. The first-order chi connectivity index (χ1) is 9.88. The molecule has 1 N–H and O–H groups in total. The Labute approximate surface area is 130 Å². The van der Waals surface area contributed by atoms with Gasteiger partial charge in [-0.05, 0) is 17.5 Å². The van der Waals surface area contributed by atoms with E-state index in [0.29, 0.717) is 35.2 Å². The average Bonchev–Trinajstić information content (AvgIpc) is 2.50. The number of amides is 1. The first-order valence-corrected chi connectivity index (χ1v) is 7.06. The lowest BCUT2D eigenvalue weighted by Gasteiger charge is -2.22. The highest BCUT2D eigenvalue weighted by molar-refractivity contribution is 6.18. The molecule has 0 atom stereocenters. The molecule has 0 aliphatic carbocycles. The number of carbonyl (C=O) groups excluding carboxylic acids is 1. The number of hydrogen-bond acceptors (Lipinski definition) is 4. The van der Waals surface area contributed by atoms with Crippen LogP contribution in [0, 0.1) is 5.41 Å². The second kappa shape index (κ2) is 7.41. The lowest BCUT2D eigenvalue weighted by Crippen LogP contribution is -2.35. The van der Waals surface area contributed by atoms with E-state index < -0.39 is 0 Å². The summed E-state index contributed by atoms with van der Waals surface area (Å²) in [6.07, 6.45) is 0. The van der Waals surface area contributed by atoms with Crippen LogP contribution in [0.2, 0.25) is 0 Å². The zero-order valence-electron chi connectivity index (χ0n) is 13.1. The third-order valence-electron chi connectivity index (χ3n) is 3.02. The Balaban J connectivity index is 3.00. The summed E-state index contributed by atoms with van der Waals surface area (Å²) < 4.78 is 15.7. The molecule has 1 aromatic carbocycles. The zero-order valence-corrected chi connectivity index (χ0v) is 13.8. The van der Waals surface area contributed by atoms with Gasteiger partial charge in [-0.15, -0.1) is 11.6 Å². The Hall–Kier alpha value is -1.62. The van der Waals surface area contributed by atoms with Crippen LogP contribution in [0.5, 0.6) is 17.2 Å². The fraction of sp³-hybridized carbons (Fsp3) is 0.533. The van der Waals surface area contributed by atoms with Crippen molar-refractivity contribution in [2.24, 2.45) is 5.41 Å². The Bertz CT molecular complexity index is 477. The normalized spacial score (nSPS) is 11.0. The van der Waals surface area contributed by atoms with Crippen LogP contribution in [-0.2, 0) is 0 Å². The maximum atomic E-state index is 12.2. The minimum Gasteiger partial charge on any atom is -0.493 e. The first kappa shape index (κ1) is 17.4. The minimum atomic E-state index is -0.215. The monoisotopic (exact) mass is 315 g/mol. The molecule has 0 radical (unpaired) electrons. The topological polar surface area (TPSA) is 56.8 Å². The Morgan fingerprint density at radius 1 is 1.14 bits per heavy atom. The molecular weight excluding hydrogens is 294 g/mol. The summed E-state index contributed by atoms with van der Waals surface area (Å²) in [5, 5.41) is 2.85. The molecule has 5 nitrogen and oxygen atoms in total. The summed E-state index contributed by atoms with van der Waals surface area (Å²) in [6.45, 7) is 4.44. The quantitative estimate of drug-likeness (QED) is 0.786. The van der Waals surface area contributed by atoms with Crippen molar-refractivity contribution in [3.63, 3.8) is 0 Å². The second-order valence-corrected chi connectivity index (χ2v) is 5.66. The molecule has 0 aromatic heterocycles. The highest BCUT2D eigenvalue weighted by Gasteiger charge is 2.20. The number of carbonyl (C=O) groups is 1. The standard InChI is InChI=1S/C15H22ClNO4/c1-15(2,8-16)9-17-14(18)10-6-11(19-3)13(21-5)12(7-10)20-4/h6-7H,8-9H2,1-5H3,(H,17,18). The maximum Gasteiger partial charge on any atom is 0.251 e. The maximum absolute atomic E-state index is 12.2. The SMILES string of the molecule is COc1cc(C(=O)NCC(C)(C)CCl)cc(OC)c1OC. The smallest absolute Gasteiger partial charge is 0.251 e. The molecular formula is C15H22ClNO4. The van der Waals surface area contributed by atoms with E-state index in [9.17, 15) is 4.79 Å². The summed E-state index contributed by atoms with van der Waals surface area (Å²) in [7, 11) is 4.54. The molecule has 0 fully saturated rings. The number of benzene rings is 1. The van der Waals surface area contributed by atoms with Crippen LogP contribution in [0.1, 0.15) is 24.2 Å². The van der Waals surface area contributed by atoms with Crippen molar-refractivity contribution >= 4 is 17.5 Å². The van der Waals surface area contributed by atoms with E-state index in [1.807, 2.05) is 13.8 Å². The number of ether oxygens (including phenoxy) is 3. The highest BCUT2D eigenvalue weighted by atomic mass is 35.5. The van der Waals surface area contributed by atoms with E-state index in [0.717, 1.165) is 0 Å². The van der Waals surface area contributed by atoms with E-state index >= 15 is 0 Å². The van der Waals surface area contributed by atoms with Crippen LogP contribution in [0.3, 0.4) is 0 Å². The van der Waals surface area contributed by atoms with Gasteiger partial charge in [0.2, 0.25) is 5.75 Å². The van der Waals surface area contributed by atoms with Gasteiger partial charge in [0.05, 0.1) is 21.3 Å². The lowest BCUT2D eigenvalue weighted by molar-refractivity contribution is 0.0939. The van der Waals surface area contributed by atoms with Crippen LogP contribution in [-0.4, -0.2) is 39.7 Å². The first-order valence-electron chi connectivity index (χ1n) is 6.52. The second-order valence-electron chi connectivity index (χ2n) is 5.39. The molecule has 118 valence electrons. The van der Waals surface area contributed by atoms with Gasteiger partial charge in [0.1, 0.15) is 0 Å². The van der Waals surface area contributed by atoms with Gasteiger partial charge >= 0.3 is 0 Å². The van der Waals surface area contributed by atoms with Gasteiger partial charge in [-0.3, -0.25) is 4.79 Å². The van der Waals surface area contributed by atoms with Gasteiger partial charge in [0.15, 0.2) is 11.5 Å². The van der Waals surface area contributed by atoms with Crippen molar-refractivity contribution < 1.29 is 19.0 Å². The lowest BCUT2D eigenvalue weighted by atomic mass is 9.96. The molecule has 0 aliphatic rings. The molecule has 0 heterocycles. The summed E-state index contributed by atoms with van der Waals surface area (Å²) in [5.41, 5.74) is 0.271. The van der Waals surface area contributed by atoms with Gasteiger partial charge in [0.25, 0.3) is 5.91 Å². The van der Waals surface area contributed by atoms with E-state index in [1.54, 1.807) is 12.1 Å². The summed E-state index contributed by atoms with van der Waals surface area (Å²) >= 11 is 5.85. The molecule has 6 heteroatoms. The number of halogens is 1. The van der Waals surface area contributed by atoms with Crippen molar-refractivity contribution in [1.82, 2.24) is 5.32 Å². The minimum absolute atomic E-state index is 0.169. The predicted octanol–water partition coefficient (Wildman–Crippen LogP) is 2.71. The molecule has 0 aliphatic heterocycles. The number of nitrogens with one attached hydrogen (secondary N) is 1. The number of methoxy groups -OCH3 is 3. The predicted molar refractivity (Wildman–Crippen MR) is 82.9 cm³/mol. The Morgan fingerprint density at radius 2 is 1.67 bits per heavy atom. The van der Waals surface area contributed by atoms with Gasteiger partial charge in [-0.25, -0.2) is 0 Å². The number of alkyl halides is 1. The van der Waals surface area contributed by atoms with Crippen molar-refractivity contribution in [2.45, 2.75) is 13.8 Å². The molecule has 1 amide bonds. The highest BCUT2D eigenvalue weighted by Crippen LogP contribution is 2.38. The van der Waals surface area contributed by atoms with Gasteiger partial charge in [0, 0.05) is 18.0 Å². The van der Waals surface area contributed by atoms with Crippen LogP contribution in [0.25, 0.3) is 0 Å². The van der Waals surface area contributed by atoms with Gasteiger partial charge < -0.3 is 19.5 Å². The Morgan fingerprint density at radius 3 is 2.05 bits per heavy atom. The third-order valence-corrected chi connectivity index (χ3v) is 3.74. The molecule has 1 aromatic rings. The van der Waals surface area contributed by atoms with E-state index in [-0.39, 0.29) is 11.3 Å². The van der Waals surface area contributed by atoms with Crippen LogP contribution >= 0.6 is 11.6 Å². The average molecular weight is 316 g/mol. The Kier molecular flexibility index (Phi) is 6.15. The molecule has 1 rings (SSSR count). The summed E-state index contributed by atoms with van der Waals surface area (Å²) in [5.74, 6) is 1.59. The molecule has 0 unspecified atom stereocenters. The largest absolute Gasteiger partial charge is 0.493 e. The molecule has 0 saturated heterocycles. The van der Waals surface area contributed by atoms with Gasteiger partial charge in [-0.1, -0.05) is 13.8 Å². The van der Waals surface area contributed by atoms with Crippen LogP contribution in [0.4, 0.5) is 0 Å². The van der Waals surface area contributed by atoms with Gasteiger partial charge in [-0.2, -0.15) is 0 Å². The van der Waals surface area contributed by atoms with E-state index in [1.165, 1.54) is 21.3 Å². The molecule has 0 saturated carbocycles. The zero-order chi connectivity index (χ0) is 16.0. The van der Waals surface area contributed by atoms with Crippen LogP contribution < -0.4 is 19.5 Å². The summed E-state index contributed by atoms with van der Waals surface area (Å²) in [6, 6.07) is 3.23.